The van der Waals surface area contributed by atoms with Crippen LogP contribution < -0.4 is 10.6 Å². The van der Waals surface area contributed by atoms with Gasteiger partial charge in [-0.15, -0.1) is 0 Å². The van der Waals surface area contributed by atoms with Crippen molar-refractivity contribution >= 4 is 17.5 Å². The maximum Gasteiger partial charge on any atom is 0.233 e. The lowest BCUT2D eigenvalue weighted by Crippen LogP contribution is -2.38. The lowest BCUT2D eigenvalue weighted by atomic mass is 10.1. The van der Waals surface area contributed by atoms with Gasteiger partial charge in [0.25, 0.3) is 0 Å². The van der Waals surface area contributed by atoms with Crippen LogP contribution in [0, 0.1) is 0 Å². The Labute approximate surface area is 124 Å². The molecule has 6 heteroatoms. The molecule has 2 N–H and O–H groups in total. The van der Waals surface area contributed by atoms with Gasteiger partial charge < -0.3 is 20.1 Å². The molecule has 1 rings (SSSR count). The van der Waals surface area contributed by atoms with Crippen molar-refractivity contribution in [3.63, 3.8) is 0 Å². The van der Waals surface area contributed by atoms with E-state index in [1.165, 1.54) is 0 Å². The summed E-state index contributed by atoms with van der Waals surface area (Å²) in [7, 11) is 3.12. The van der Waals surface area contributed by atoms with E-state index in [9.17, 15) is 4.79 Å². The molecule has 0 aromatic heterocycles. The second kappa shape index (κ2) is 9.72. The number of halogens is 1. The lowest BCUT2D eigenvalue weighted by molar-refractivity contribution is -0.121. The molecule has 0 saturated carbocycles. The molecule has 0 spiro atoms. The van der Waals surface area contributed by atoms with Crippen molar-refractivity contribution in [3.8, 4) is 0 Å². The number of carbonyl (C=O) groups is 1. The van der Waals surface area contributed by atoms with Crippen LogP contribution in [0.2, 0.25) is 5.02 Å². The second-order valence-electron chi connectivity index (χ2n) is 4.26. The van der Waals surface area contributed by atoms with Crippen LogP contribution in [0.5, 0.6) is 0 Å². The quantitative estimate of drug-likeness (QED) is 0.673. The molecule has 0 saturated heterocycles. The third-order valence-electron chi connectivity index (χ3n) is 2.77. The molecule has 5 nitrogen and oxygen atoms in total. The monoisotopic (exact) mass is 300 g/mol. The summed E-state index contributed by atoms with van der Waals surface area (Å²) in [6.07, 6.45) is 0.443. The van der Waals surface area contributed by atoms with Crippen LogP contribution in [0.25, 0.3) is 0 Å². The van der Waals surface area contributed by atoms with Crippen LogP contribution in [0.1, 0.15) is 5.56 Å². The molecule has 1 aromatic carbocycles. The number of amides is 1. The molecule has 0 unspecified atom stereocenters. The van der Waals surface area contributed by atoms with E-state index >= 15 is 0 Å². The predicted octanol–water partition coefficient (Wildman–Crippen LogP) is 1.21. The third kappa shape index (κ3) is 6.86. The van der Waals surface area contributed by atoms with Gasteiger partial charge in [0.2, 0.25) is 5.91 Å². The fraction of sp³-hybridized carbons (Fsp3) is 0.500. The standard InChI is InChI=1S/C14H21ClN2O3/c1-19-14(20-2)10-16-9-13(18)17-8-7-11-3-5-12(15)6-4-11/h3-6,14,16H,7-10H2,1-2H3,(H,17,18). The van der Waals surface area contributed by atoms with E-state index < -0.39 is 0 Å². The molecule has 20 heavy (non-hydrogen) atoms. The van der Waals surface area contributed by atoms with Gasteiger partial charge in [0.05, 0.1) is 6.54 Å². The largest absolute Gasteiger partial charge is 0.355 e. The highest BCUT2D eigenvalue weighted by Crippen LogP contribution is 2.09. The minimum absolute atomic E-state index is 0.0510. The first kappa shape index (κ1) is 16.9. The molecule has 0 aliphatic carbocycles. The Morgan fingerprint density at radius 2 is 1.90 bits per heavy atom. The zero-order chi connectivity index (χ0) is 14.8. The molecule has 0 fully saturated rings. The Kier molecular flexibility index (Phi) is 8.22. The molecule has 112 valence electrons. The van der Waals surface area contributed by atoms with Gasteiger partial charge in [0.15, 0.2) is 6.29 Å². The molecular formula is C14H21ClN2O3. The van der Waals surface area contributed by atoms with Gasteiger partial charge in [-0.2, -0.15) is 0 Å². The van der Waals surface area contributed by atoms with E-state index in [0.717, 1.165) is 12.0 Å². The van der Waals surface area contributed by atoms with Crippen LogP contribution in [-0.2, 0) is 20.7 Å². The van der Waals surface area contributed by atoms with Gasteiger partial charge in [-0.1, -0.05) is 23.7 Å². The number of nitrogens with one attached hydrogen (secondary N) is 2. The summed E-state index contributed by atoms with van der Waals surface area (Å²) in [4.78, 5) is 11.6. The Morgan fingerprint density at radius 1 is 1.25 bits per heavy atom. The number of ether oxygens (including phenoxy) is 2. The first-order valence-electron chi connectivity index (χ1n) is 6.43. The van der Waals surface area contributed by atoms with E-state index in [1.54, 1.807) is 14.2 Å². The SMILES string of the molecule is COC(CNCC(=O)NCCc1ccc(Cl)cc1)OC. The fourth-order valence-corrected chi connectivity index (χ4v) is 1.75. The maximum atomic E-state index is 11.6. The van der Waals surface area contributed by atoms with E-state index in [2.05, 4.69) is 10.6 Å². The molecular weight excluding hydrogens is 280 g/mol. The summed E-state index contributed by atoms with van der Waals surface area (Å²) < 4.78 is 10.0. The zero-order valence-electron chi connectivity index (χ0n) is 11.8. The summed E-state index contributed by atoms with van der Waals surface area (Å²) in [5, 5.41) is 6.52. The first-order chi connectivity index (χ1) is 9.65. The van der Waals surface area contributed by atoms with E-state index in [0.29, 0.717) is 18.1 Å². The third-order valence-corrected chi connectivity index (χ3v) is 3.02. The number of methoxy groups -OCH3 is 2. The highest BCUT2D eigenvalue weighted by Gasteiger charge is 2.06. The predicted molar refractivity (Wildman–Crippen MR) is 78.8 cm³/mol. The number of hydrogen-bond donors (Lipinski definition) is 2. The van der Waals surface area contributed by atoms with Crippen molar-refractivity contribution in [1.82, 2.24) is 10.6 Å². The van der Waals surface area contributed by atoms with Crippen molar-refractivity contribution in [3.05, 3.63) is 34.9 Å². The van der Waals surface area contributed by atoms with Gasteiger partial charge >= 0.3 is 0 Å². The number of rotatable bonds is 9. The Hall–Kier alpha value is -1.14. The fourth-order valence-electron chi connectivity index (χ4n) is 1.63. The number of hydrogen-bond acceptors (Lipinski definition) is 4. The molecule has 1 amide bonds. The topological polar surface area (TPSA) is 59.6 Å². The summed E-state index contributed by atoms with van der Waals surface area (Å²) in [5.74, 6) is -0.0510. The van der Waals surface area contributed by atoms with E-state index in [4.69, 9.17) is 21.1 Å². The van der Waals surface area contributed by atoms with Crippen molar-refractivity contribution < 1.29 is 14.3 Å². The molecule has 0 atom stereocenters. The van der Waals surface area contributed by atoms with Gasteiger partial charge in [0.1, 0.15) is 0 Å². The lowest BCUT2D eigenvalue weighted by Gasteiger charge is -2.13. The van der Waals surface area contributed by atoms with Crippen LogP contribution in [0.3, 0.4) is 0 Å². The van der Waals surface area contributed by atoms with Crippen molar-refractivity contribution in [2.45, 2.75) is 12.7 Å². The summed E-state index contributed by atoms with van der Waals surface area (Å²) in [6, 6.07) is 7.59. The average Bonchev–Trinajstić information content (AvgIpc) is 2.46. The molecule has 0 bridgehead atoms. The Morgan fingerprint density at radius 3 is 2.50 bits per heavy atom. The maximum absolute atomic E-state index is 11.6. The molecule has 0 aliphatic heterocycles. The molecule has 0 aliphatic rings. The van der Waals surface area contributed by atoms with Crippen LogP contribution >= 0.6 is 11.6 Å². The summed E-state index contributed by atoms with van der Waals surface area (Å²) in [5.41, 5.74) is 1.14. The van der Waals surface area contributed by atoms with Crippen LogP contribution in [-0.4, -0.2) is 46.1 Å². The molecule has 1 aromatic rings. The van der Waals surface area contributed by atoms with E-state index in [1.807, 2.05) is 24.3 Å². The van der Waals surface area contributed by atoms with Crippen LogP contribution in [0.15, 0.2) is 24.3 Å². The zero-order valence-corrected chi connectivity index (χ0v) is 12.6. The minimum atomic E-state index is -0.336. The number of carbonyl (C=O) groups excluding carboxylic acids is 1. The van der Waals surface area contributed by atoms with Gasteiger partial charge in [-0.05, 0) is 24.1 Å². The summed E-state index contributed by atoms with van der Waals surface area (Å²) in [6.45, 7) is 1.31. The number of benzene rings is 1. The van der Waals surface area contributed by atoms with Gasteiger partial charge in [-0.25, -0.2) is 0 Å². The highest BCUT2D eigenvalue weighted by molar-refractivity contribution is 6.30. The Bertz CT molecular complexity index is 394. The second-order valence-corrected chi connectivity index (χ2v) is 4.69. The van der Waals surface area contributed by atoms with Crippen molar-refractivity contribution in [2.75, 3.05) is 33.9 Å². The van der Waals surface area contributed by atoms with Crippen LogP contribution in [0.4, 0.5) is 0 Å². The minimum Gasteiger partial charge on any atom is -0.355 e. The van der Waals surface area contributed by atoms with E-state index in [-0.39, 0.29) is 18.7 Å². The smallest absolute Gasteiger partial charge is 0.233 e. The molecule has 0 heterocycles. The highest BCUT2D eigenvalue weighted by atomic mass is 35.5. The van der Waals surface area contributed by atoms with Crippen molar-refractivity contribution in [2.24, 2.45) is 0 Å². The Balaban J connectivity index is 2.12. The van der Waals surface area contributed by atoms with Crippen molar-refractivity contribution in [1.29, 1.82) is 0 Å². The van der Waals surface area contributed by atoms with Gasteiger partial charge in [-0.3, -0.25) is 4.79 Å². The van der Waals surface area contributed by atoms with Gasteiger partial charge in [0, 0.05) is 32.3 Å². The first-order valence-corrected chi connectivity index (χ1v) is 6.81. The normalized spacial score (nSPS) is 10.8. The molecule has 0 radical (unpaired) electrons. The summed E-state index contributed by atoms with van der Waals surface area (Å²) >= 11 is 5.80. The average molecular weight is 301 g/mol.